The van der Waals surface area contributed by atoms with E-state index in [1.807, 2.05) is 12.1 Å². The molecule has 1 spiro atoms. The topological polar surface area (TPSA) is 62.7 Å². The number of ether oxygens (including phenoxy) is 1. The monoisotopic (exact) mass is 443 g/mol. The molecule has 1 saturated carbocycles. The van der Waals surface area contributed by atoms with E-state index in [-0.39, 0.29) is 17.3 Å². The maximum atomic E-state index is 12.7. The number of thioether (sulfide) groups is 1. The van der Waals surface area contributed by atoms with Crippen molar-refractivity contribution in [3.8, 4) is 5.75 Å². The molecule has 2 aromatic carbocycles. The fraction of sp³-hybridized carbons (Fsp3) is 0.391. The average molecular weight is 444 g/mol. The second kappa shape index (κ2) is 9.31. The Kier molecular flexibility index (Phi) is 6.54. The van der Waals surface area contributed by atoms with Crippen molar-refractivity contribution in [2.45, 2.75) is 44.2 Å². The van der Waals surface area contributed by atoms with E-state index in [1.165, 1.54) is 37.4 Å². The van der Waals surface area contributed by atoms with E-state index in [0.29, 0.717) is 16.5 Å². The number of hydrogen-bond acceptors (Lipinski definition) is 5. The van der Waals surface area contributed by atoms with Gasteiger partial charge in [0, 0.05) is 16.3 Å². The maximum absolute atomic E-state index is 12.7. The van der Waals surface area contributed by atoms with Gasteiger partial charge in [-0.2, -0.15) is 0 Å². The second-order valence-electron chi connectivity index (χ2n) is 7.71. The Morgan fingerprint density at radius 3 is 2.73 bits per heavy atom. The van der Waals surface area contributed by atoms with Crippen molar-refractivity contribution in [2.75, 3.05) is 23.5 Å². The molecular weight excluding hydrogens is 418 g/mol. The van der Waals surface area contributed by atoms with E-state index in [1.54, 1.807) is 25.3 Å². The van der Waals surface area contributed by atoms with E-state index in [0.717, 1.165) is 29.1 Å². The number of methoxy groups -OCH3 is 1. The van der Waals surface area contributed by atoms with Gasteiger partial charge in [0.2, 0.25) is 5.91 Å². The van der Waals surface area contributed by atoms with Gasteiger partial charge in [-0.15, -0.1) is 0 Å². The first-order chi connectivity index (χ1) is 14.6. The number of hydrogen-bond donors (Lipinski definition) is 2. The molecule has 1 amide bonds. The third-order valence-corrected chi connectivity index (χ3v) is 6.77. The Bertz CT molecular complexity index is 955. The minimum absolute atomic E-state index is 0.116. The van der Waals surface area contributed by atoms with Crippen LogP contribution in [0.2, 0.25) is 5.02 Å². The number of nitrogens with zero attached hydrogens (tertiary/aromatic N) is 1. The molecule has 0 radical (unpaired) electrons. The molecule has 0 unspecified atom stereocenters. The molecule has 0 saturated heterocycles. The van der Waals surface area contributed by atoms with E-state index in [4.69, 9.17) is 21.3 Å². The van der Waals surface area contributed by atoms with Gasteiger partial charge in [-0.3, -0.25) is 4.79 Å². The van der Waals surface area contributed by atoms with Crippen LogP contribution >= 0.6 is 23.4 Å². The highest BCUT2D eigenvalue weighted by Crippen LogP contribution is 2.39. The van der Waals surface area contributed by atoms with Gasteiger partial charge in [-0.1, -0.05) is 54.4 Å². The van der Waals surface area contributed by atoms with Gasteiger partial charge in [-0.25, -0.2) is 4.99 Å². The molecule has 2 aromatic rings. The highest BCUT2D eigenvalue weighted by Gasteiger charge is 2.35. The molecule has 2 aliphatic rings. The van der Waals surface area contributed by atoms with Gasteiger partial charge in [0.25, 0.3) is 0 Å². The summed E-state index contributed by atoms with van der Waals surface area (Å²) < 4.78 is 5.32. The molecule has 158 valence electrons. The van der Waals surface area contributed by atoms with Crippen molar-refractivity contribution < 1.29 is 9.53 Å². The van der Waals surface area contributed by atoms with Crippen LogP contribution in [-0.4, -0.2) is 29.5 Å². The third-order valence-electron chi connectivity index (χ3n) is 5.55. The van der Waals surface area contributed by atoms with Gasteiger partial charge in [0.15, 0.2) is 0 Å². The lowest BCUT2D eigenvalue weighted by molar-refractivity contribution is -0.113. The van der Waals surface area contributed by atoms with Crippen molar-refractivity contribution in [3.05, 3.63) is 53.1 Å². The first kappa shape index (κ1) is 21.1. The lowest BCUT2D eigenvalue weighted by Crippen LogP contribution is -2.40. The van der Waals surface area contributed by atoms with Crippen LogP contribution in [0.25, 0.3) is 0 Å². The van der Waals surface area contributed by atoms with Crippen LogP contribution in [0.4, 0.5) is 11.4 Å². The number of carbonyl (C=O) groups excluding carboxylic acids is 1. The highest BCUT2D eigenvalue weighted by molar-refractivity contribution is 8.15. The van der Waals surface area contributed by atoms with E-state index >= 15 is 0 Å². The second-order valence-corrected chi connectivity index (χ2v) is 9.12. The number of para-hydroxylation sites is 1. The summed E-state index contributed by atoms with van der Waals surface area (Å²) in [7, 11) is 1.57. The van der Waals surface area contributed by atoms with Crippen molar-refractivity contribution in [1.29, 1.82) is 0 Å². The van der Waals surface area contributed by atoms with Crippen LogP contribution < -0.4 is 15.4 Å². The van der Waals surface area contributed by atoms with Gasteiger partial charge in [-0.05, 0) is 49.9 Å². The van der Waals surface area contributed by atoms with E-state index in [9.17, 15) is 4.79 Å². The smallest absolute Gasteiger partial charge is 0.234 e. The SMILES string of the molecule is COc1ccc(Cl)cc1NC(=O)CSC1=NC2(CCCCCC2)Nc2ccccc21. The minimum Gasteiger partial charge on any atom is -0.495 e. The molecule has 0 bridgehead atoms. The molecule has 5 nitrogen and oxygen atoms in total. The Balaban J connectivity index is 1.51. The largest absolute Gasteiger partial charge is 0.495 e. The highest BCUT2D eigenvalue weighted by atomic mass is 35.5. The Labute approximate surface area is 186 Å². The molecule has 1 aliphatic heterocycles. The number of rotatable bonds is 4. The summed E-state index contributed by atoms with van der Waals surface area (Å²) in [6.07, 6.45) is 6.91. The zero-order valence-corrected chi connectivity index (χ0v) is 18.6. The van der Waals surface area contributed by atoms with Crippen LogP contribution in [0.15, 0.2) is 47.5 Å². The number of anilines is 2. The van der Waals surface area contributed by atoms with Crippen molar-refractivity contribution in [1.82, 2.24) is 0 Å². The van der Waals surface area contributed by atoms with E-state index in [2.05, 4.69) is 22.8 Å². The van der Waals surface area contributed by atoms with Crippen molar-refractivity contribution >= 4 is 45.7 Å². The number of aliphatic imine (C=N–C) groups is 1. The first-order valence-electron chi connectivity index (χ1n) is 10.3. The number of halogens is 1. The Morgan fingerprint density at radius 2 is 1.97 bits per heavy atom. The number of carbonyl (C=O) groups is 1. The first-order valence-corrected chi connectivity index (χ1v) is 11.7. The summed E-state index contributed by atoms with van der Waals surface area (Å²) >= 11 is 7.55. The molecule has 7 heteroatoms. The van der Waals surface area contributed by atoms with Gasteiger partial charge < -0.3 is 15.4 Å². The lowest BCUT2D eigenvalue weighted by atomic mass is 9.97. The fourth-order valence-corrected chi connectivity index (χ4v) is 5.16. The zero-order valence-electron chi connectivity index (χ0n) is 17.0. The van der Waals surface area contributed by atoms with Gasteiger partial charge >= 0.3 is 0 Å². The number of nitrogens with one attached hydrogen (secondary N) is 2. The Morgan fingerprint density at radius 1 is 1.20 bits per heavy atom. The van der Waals surface area contributed by atoms with Crippen LogP contribution in [0.3, 0.4) is 0 Å². The van der Waals surface area contributed by atoms with Crippen LogP contribution in [0.5, 0.6) is 5.75 Å². The molecule has 30 heavy (non-hydrogen) atoms. The fourth-order valence-electron chi connectivity index (χ4n) is 4.07. The molecule has 1 aliphatic carbocycles. The third kappa shape index (κ3) is 4.76. The molecule has 0 aromatic heterocycles. The van der Waals surface area contributed by atoms with Crippen molar-refractivity contribution in [3.63, 3.8) is 0 Å². The van der Waals surface area contributed by atoms with E-state index < -0.39 is 0 Å². The van der Waals surface area contributed by atoms with Crippen LogP contribution in [0, 0.1) is 0 Å². The zero-order chi connectivity index (χ0) is 21.0. The number of fused-ring (bicyclic) bond motifs is 1. The predicted octanol–water partition coefficient (Wildman–Crippen LogP) is 5.94. The molecular formula is C23H26ClN3O2S. The standard InChI is InChI=1S/C23H26ClN3O2S/c1-29-20-11-10-16(24)14-19(20)25-21(28)15-30-22-17-8-4-5-9-18(17)26-23(27-22)12-6-2-3-7-13-23/h4-5,8-11,14,26H,2-3,6-7,12-13,15H2,1H3,(H,25,28). The van der Waals surface area contributed by atoms with Crippen LogP contribution in [0.1, 0.15) is 44.1 Å². The summed E-state index contributed by atoms with van der Waals surface area (Å²) in [6, 6.07) is 13.4. The molecule has 1 heterocycles. The lowest BCUT2D eigenvalue weighted by Gasteiger charge is -2.36. The Hall–Kier alpha value is -2.18. The summed E-state index contributed by atoms with van der Waals surface area (Å²) in [5.74, 6) is 0.729. The number of amides is 1. The predicted molar refractivity (Wildman–Crippen MR) is 126 cm³/mol. The average Bonchev–Trinajstić information content (AvgIpc) is 2.97. The number of benzene rings is 2. The molecule has 4 rings (SSSR count). The normalized spacial score (nSPS) is 17.3. The molecule has 1 fully saturated rings. The minimum atomic E-state index is -0.250. The maximum Gasteiger partial charge on any atom is 0.234 e. The van der Waals surface area contributed by atoms with Crippen molar-refractivity contribution in [2.24, 2.45) is 4.99 Å². The molecule has 2 N–H and O–H groups in total. The van der Waals surface area contributed by atoms with Gasteiger partial charge in [0.05, 0.1) is 18.6 Å². The summed E-state index contributed by atoms with van der Waals surface area (Å²) in [4.78, 5) is 17.8. The summed E-state index contributed by atoms with van der Waals surface area (Å²) in [5.41, 5.74) is 2.49. The van der Waals surface area contributed by atoms with Crippen LogP contribution in [-0.2, 0) is 4.79 Å². The summed E-state index contributed by atoms with van der Waals surface area (Å²) in [5, 5.41) is 8.08. The van der Waals surface area contributed by atoms with Gasteiger partial charge in [0.1, 0.15) is 16.5 Å². The summed E-state index contributed by atoms with van der Waals surface area (Å²) in [6.45, 7) is 0. The quantitative estimate of drug-likeness (QED) is 0.613. The molecule has 0 atom stereocenters.